The zero-order valence-electron chi connectivity index (χ0n) is 17.6. The maximum Gasteiger partial charge on any atom is 0.416 e. The van der Waals surface area contributed by atoms with Crippen LogP contribution in [-0.2, 0) is 20.4 Å². The second-order valence-corrected chi connectivity index (χ2v) is 7.43. The second-order valence-electron chi connectivity index (χ2n) is 7.43. The molecule has 0 spiro atoms. The summed E-state index contributed by atoms with van der Waals surface area (Å²) in [6, 6.07) is 7.58. The number of morpholine rings is 1. The number of amides is 1. The van der Waals surface area contributed by atoms with Gasteiger partial charge in [-0.15, -0.1) is 0 Å². The lowest BCUT2D eigenvalue weighted by Gasteiger charge is -2.31. The standard InChI is InChI=1S/C22H21F3N2O6/c1-13(33-21(29)14-2-5-18-19(10-14)32-12-31-18)20(28)26-16-11-15(22(23,24)25)3-4-17(16)27-6-8-30-9-7-27/h2-5,10-11,13H,6-9,12H2,1H3,(H,26,28)/t13-/m0/s1. The van der Waals surface area contributed by atoms with Crippen LogP contribution in [0, 0.1) is 0 Å². The fourth-order valence-electron chi connectivity index (χ4n) is 3.43. The number of anilines is 2. The Hall–Kier alpha value is -3.47. The fraction of sp³-hybridized carbons (Fsp3) is 0.364. The Kier molecular flexibility index (Phi) is 6.32. The molecule has 2 aromatic rings. The van der Waals surface area contributed by atoms with Gasteiger partial charge in [0, 0.05) is 13.1 Å². The molecule has 4 rings (SSSR count). The van der Waals surface area contributed by atoms with Gasteiger partial charge in [-0.25, -0.2) is 4.79 Å². The number of carbonyl (C=O) groups is 2. The predicted molar refractivity (Wildman–Crippen MR) is 111 cm³/mol. The van der Waals surface area contributed by atoms with Gasteiger partial charge < -0.3 is 29.2 Å². The normalized spacial score (nSPS) is 16.3. The van der Waals surface area contributed by atoms with Gasteiger partial charge in [-0.2, -0.15) is 13.2 Å². The molecule has 1 amide bonds. The van der Waals surface area contributed by atoms with Crippen LogP contribution in [0.5, 0.6) is 11.5 Å². The van der Waals surface area contributed by atoms with Crippen molar-refractivity contribution in [3.63, 3.8) is 0 Å². The third-order valence-electron chi connectivity index (χ3n) is 5.19. The number of nitrogens with one attached hydrogen (secondary N) is 1. The Morgan fingerprint density at radius 2 is 1.79 bits per heavy atom. The van der Waals surface area contributed by atoms with Crippen molar-refractivity contribution in [1.82, 2.24) is 0 Å². The number of rotatable bonds is 5. The predicted octanol–water partition coefficient (Wildman–Crippen LogP) is 3.45. The third kappa shape index (κ3) is 5.14. The number of fused-ring (bicyclic) bond motifs is 1. The highest BCUT2D eigenvalue weighted by Crippen LogP contribution is 2.36. The summed E-state index contributed by atoms with van der Waals surface area (Å²) >= 11 is 0. The van der Waals surface area contributed by atoms with Crippen molar-refractivity contribution in [3.05, 3.63) is 47.5 Å². The molecule has 176 valence electrons. The van der Waals surface area contributed by atoms with Crippen molar-refractivity contribution in [3.8, 4) is 11.5 Å². The summed E-state index contributed by atoms with van der Waals surface area (Å²) in [7, 11) is 0. The Bertz CT molecular complexity index is 1050. The molecule has 0 unspecified atom stereocenters. The lowest BCUT2D eigenvalue weighted by molar-refractivity contribution is -0.137. The van der Waals surface area contributed by atoms with Crippen LogP contribution in [0.25, 0.3) is 0 Å². The number of hydrogen-bond acceptors (Lipinski definition) is 7. The van der Waals surface area contributed by atoms with E-state index in [0.29, 0.717) is 43.5 Å². The molecule has 0 radical (unpaired) electrons. The van der Waals surface area contributed by atoms with E-state index in [1.807, 2.05) is 4.90 Å². The molecule has 2 aliphatic heterocycles. The van der Waals surface area contributed by atoms with Crippen molar-refractivity contribution in [1.29, 1.82) is 0 Å². The van der Waals surface area contributed by atoms with E-state index >= 15 is 0 Å². The van der Waals surface area contributed by atoms with Crippen LogP contribution >= 0.6 is 0 Å². The molecule has 2 aromatic carbocycles. The molecular weight excluding hydrogens is 445 g/mol. The highest BCUT2D eigenvalue weighted by molar-refractivity contribution is 5.99. The molecular formula is C22H21F3N2O6. The molecule has 0 aromatic heterocycles. The molecule has 2 heterocycles. The van der Waals surface area contributed by atoms with E-state index in [1.54, 1.807) is 6.07 Å². The zero-order valence-corrected chi connectivity index (χ0v) is 17.6. The van der Waals surface area contributed by atoms with E-state index < -0.39 is 29.7 Å². The summed E-state index contributed by atoms with van der Waals surface area (Å²) in [5.74, 6) is -0.690. The summed E-state index contributed by atoms with van der Waals surface area (Å²) < 4.78 is 60.7. The lowest BCUT2D eigenvalue weighted by atomic mass is 10.1. The van der Waals surface area contributed by atoms with Gasteiger partial charge in [0.15, 0.2) is 17.6 Å². The number of benzene rings is 2. The van der Waals surface area contributed by atoms with Crippen LogP contribution in [0.15, 0.2) is 36.4 Å². The summed E-state index contributed by atoms with van der Waals surface area (Å²) in [6.07, 6.45) is -5.85. The highest BCUT2D eigenvalue weighted by atomic mass is 19.4. The SMILES string of the molecule is C[C@H](OC(=O)c1ccc2c(c1)OCO2)C(=O)Nc1cc(C(F)(F)F)ccc1N1CCOCC1. The minimum absolute atomic E-state index is 0.0253. The first-order valence-corrected chi connectivity index (χ1v) is 10.2. The summed E-state index contributed by atoms with van der Waals surface area (Å²) in [6.45, 7) is 3.12. The van der Waals surface area contributed by atoms with Gasteiger partial charge >= 0.3 is 12.1 Å². The van der Waals surface area contributed by atoms with Gasteiger partial charge in [0.2, 0.25) is 6.79 Å². The molecule has 1 saturated heterocycles. The van der Waals surface area contributed by atoms with Crippen LogP contribution in [0.3, 0.4) is 0 Å². The van der Waals surface area contributed by atoms with Gasteiger partial charge in [0.25, 0.3) is 5.91 Å². The third-order valence-corrected chi connectivity index (χ3v) is 5.19. The first kappa shape index (κ1) is 22.7. The van der Waals surface area contributed by atoms with E-state index in [2.05, 4.69) is 5.32 Å². The van der Waals surface area contributed by atoms with Gasteiger partial charge in [-0.05, 0) is 43.3 Å². The molecule has 0 bridgehead atoms. The molecule has 33 heavy (non-hydrogen) atoms. The monoisotopic (exact) mass is 466 g/mol. The lowest BCUT2D eigenvalue weighted by Crippen LogP contribution is -2.37. The van der Waals surface area contributed by atoms with Crippen LogP contribution in [0.1, 0.15) is 22.8 Å². The Balaban J connectivity index is 1.49. The van der Waals surface area contributed by atoms with Crippen molar-refractivity contribution >= 4 is 23.3 Å². The number of ether oxygens (including phenoxy) is 4. The van der Waals surface area contributed by atoms with Crippen LogP contribution in [0.2, 0.25) is 0 Å². The number of esters is 1. The van der Waals surface area contributed by atoms with E-state index in [0.717, 1.165) is 12.1 Å². The quantitative estimate of drug-likeness (QED) is 0.676. The van der Waals surface area contributed by atoms with Gasteiger partial charge in [0.05, 0.1) is 35.7 Å². The van der Waals surface area contributed by atoms with Crippen molar-refractivity contribution in [2.75, 3.05) is 43.3 Å². The number of alkyl halides is 3. The first-order valence-electron chi connectivity index (χ1n) is 10.2. The Labute approximate surface area is 187 Å². The summed E-state index contributed by atoms with van der Waals surface area (Å²) in [5.41, 5.74) is -0.358. The number of nitrogens with zero attached hydrogens (tertiary/aromatic N) is 1. The van der Waals surface area contributed by atoms with Gasteiger partial charge in [0.1, 0.15) is 0 Å². The summed E-state index contributed by atoms with van der Waals surface area (Å²) in [4.78, 5) is 27.0. The average Bonchev–Trinajstić information content (AvgIpc) is 3.27. The Morgan fingerprint density at radius 1 is 1.06 bits per heavy atom. The van der Waals surface area contributed by atoms with Crippen molar-refractivity contribution in [2.45, 2.75) is 19.2 Å². The summed E-state index contributed by atoms with van der Waals surface area (Å²) in [5, 5.41) is 2.48. The highest BCUT2D eigenvalue weighted by Gasteiger charge is 2.32. The van der Waals surface area contributed by atoms with E-state index in [-0.39, 0.29) is 18.0 Å². The van der Waals surface area contributed by atoms with Crippen LogP contribution in [-0.4, -0.2) is 51.1 Å². The van der Waals surface area contributed by atoms with E-state index in [9.17, 15) is 22.8 Å². The zero-order chi connectivity index (χ0) is 23.6. The van der Waals surface area contributed by atoms with Crippen molar-refractivity contribution < 1.29 is 41.7 Å². The van der Waals surface area contributed by atoms with Gasteiger partial charge in [-0.3, -0.25) is 4.79 Å². The Morgan fingerprint density at radius 3 is 2.52 bits per heavy atom. The number of hydrogen-bond donors (Lipinski definition) is 1. The number of halogens is 3. The average molecular weight is 466 g/mol. The maximum atomic E-state index is 13.3. The van der Waals surface area contributed by atoms with E-state index in [4.69, 9.17) is 18.9 Å². The minimum atomic E-state index is -4.58. The molecule has 0 saturated carbocycles. The molecule has 8 nitrogen and oxygen atoms in total. The van der Waals surface area contributed by atoms with Crippen LogP contribution < -0.4 is 19.7 Å². The number of carbonyl (C=O) groups excluding carboxylic acids is 2. The molecule has 1 fully saturated rings. The first-order chi connectivity index (χ1) is 15.7. The largest absolute Gasteiger partial charge is 0.454 e. The van der Waals surface area contributed by atoms with Crippen molar-refractivity contribution in [2.24, 2.45) is 0 Å². The van der Waals surface area contributed by atoms with Crippen LogP contribution in [0.4, 0.5) is 24.5 Å². The second kappa shape index (κ2) is 9.18. The molecule has 1 atom stereocenters. The topological polar surface area (TPSA) is 86.3 Å². The molecule has 0 aliphatic carbocycles. The minimum Gasteiger partial charge on any atom is -0.454 e. The molecule has 2 aliphatic rings. The smallest absolute Gasteiger partial charge is 0.416 e. The van der Waals surface area contributed by atoms with E-state index in [1.165, 1.54) is 25.1 Å². The maximum absolute atomic E-state index is 13.3. The van der Waals surface area contributed by atoms with Gasteiger partial charge in [-0.1, -0.05) is 0 Å². The molecule has 11 heteroatoms. The fourth-order valence-corrected chi connectivity index (χ4v) is 3.43. The molecule has 1 N–H and O–H groups in total.